The van der Waals surface area contributed by atoms with Gasteiger partial charge in [0.15, 0.2) is 0 Å². The van der Waals surface area contributed by atoms with Gasteiger partial charge in [-0.1, -0.05) is 6.92 Å². The van der Waals surface area contributed by atoms with E-state index in [1.165, 1.54) is 0 Å². The van der Waals surface area contributed by atoms with Crippen LogP contribution in [0, 0.1) is 11.8 Å². The summed E-state index contributed by atoms with van der Waals surface area (Å²) >= 11 is 0. The van der Waals surface area contributed by atoms with Gasteiger partial charge in [0.25, 0.3) is 0 Å². The highest BCUT2D eigenvalue weighted by Gasteiger charge is 2.23. The lowest BCUT2D eigenvalue weighted by Crippen LogP contribution is -2.36. The van der Waals surface area contributed by atoms with E-state index < -0.39 is 0 Å². The highest BCUT2D eigenvalue weighted by molar-refractivity contribution is 4.71. The normalized spacial score (nSPS) is 24.8. The molecule has 48 valence electrons. The highest BCUT2D eigenvalue weighted by atomic mass is 16.5. The summed E-state index contributed by atoms with van der Waals surface area (Å²) in [6.07, 6.45) is 0. The van der Waals surface area contributed by atoms with Crippen LogP contribution < -0.4 is 5.73 Å². The zero-order valence-electron chi connectivity index (χ0n) is 5.26. The van der Waals surface area contributed by atoms with E-state index in [1.54, 1.807) is 0 Å². The van der Waals surface area contributed by atoms with Gasteiger partial charge < -0.3 is 10.5 Å². The molecule has 8 heavy (non-hydrogen) atoms. The van der Waals surface area contributed by atoms with Crippen molar-refractivity contribution < 1.29 is 4.74 Å². The van der Waals surface area contributed by atoms with Gasteiger partial charge >= 0.3 is 0 Å². The molecule has 2 nitrogen and oxygen atoms in total. The van der Waals surface area contributed by atoms with Crippen molar-refractivity contribution in [1.29, 1.82) is 0 Å². The maximum absolute atomic E-state index is 5.43. The first-order valence-electron chi connectivity index (χ1n) is 3.12. The van der Waals surface area contributed by atoms with E-state index in [9.17, 15) is 0 Å². The molecule has 0 spiro atoms. The predicted molar refractivity (Wildman–Crippen MR) is 32.5 cm³/mol. The van der Waals surface area contributed by atoms with E-state index in [1.807, 2.05) is 0 Å². The van der Waals surface area contributed by atoms with Gasteiger partial charge in [-0.05, 0) is 12.5 Å². The fourth-order valence-electron chi connectivity index (χ4n) is 0.775. The molecule has 0 saturated carbocycles. The maximum Gasteiger partial charge on any atom is 0.0519 e. The molecule has 0 aliphatic carbocycles. The molecule has 0 aromatic carbocycles. The third-order valence-corrected chi connectivity index (χ3v) is 1.84. The number of hydrogen-bond donors (Lipinski definition) is 1. The van der Waals surface area contributed by atoms with Gasteiger partial charge in [0.1, 0.15) is 0 Å². The van der Waals surface area contributed by atoms with E-state index >= 15 is 0 Å². The summed E-state index contributed by atoms with van der Waals surface area (Å²) < 4.78 is 5.00. The van der Waals surface area contributed by atoms with Crippen molar-refractivity contribution in [3.05, 3.63) is 0 Å². The summed E-state index contributed by atoms with van der Waals surface area (Å²) in [6.45, 7) is 4.83. The standard InChI is InChI=1S/C6H13NO/c1-5(2-7)6-3-8-4-6/h5-6H,2-4,7H2,1H3/t5-/m0/s1. The van der Waals surface area contributed by atoms with Crippen molar-refractivity contribution >= 4 is 0 Å². The molecule has 1 aliphatic rings. The number of rotatable bonds is 2. The molecule has 0 aromatic rings. The third-order valence-electron chi connectivity index (χ3n) is 1.84. The Morgan fingerprint density at radius 3 is 2.50 bits per heavy atom. The average Bonchev–Trinajstić information content (AvgIpc) is 1.62. The van der Waals surface area contributed by atoms with Gasteiger partial charge in [-0.2, -0.15) is 0 Å². The first-order valence-corrected chi connectivity index (χ1v) is 3.12. The second kappa shape index (κ2) is 2.46. The highest BCUT2D eigenvalue weighted by Crippen LogP contribution is 2.18. The van der Waals surface area contributed by atoms with E-state index in [0.29, 0.717) is 5.92 Å². The minimum atomic E-state index is 0.656. The summed E-state index contributed by atoms with van der Waals surface area (Å²) in [7, 11) is 0. The summed E-state index contributed by atoms with van der Waals surface area (Å²) in [5.74, 6) is 1.41. The molecule has 2 heteroatoms. The molecule has 2 N–H and O–H groups in total. The van der Waals surface area contributed by atoms with E-state index in [-0.39, 0.29) is 0 Å². The van der Waals surface area contributed by atoms with Crippen molar-refractivity contribution in [3.63, 3.8) is 0 Å². The Hall–Kier alpha value is -0.0800. The predicted octanol–water partition coefficient (Wildman–Crippen LogP) is 0.228. The Bertz CT molecular complexity index is 68.2. The smallest absolute Gasteiger partial charge is 0.0519 e. The van der Waals surface area contributed by atoms with Crippen LogP contribution in [0.15, 0.2) is 0 Å². The Labute approximate surface area is 50.0 Å². The van der Waals surface area contributed by atoms with Gasteiger partial charge in [0.2, 0.25) is 0 Å². The summed E-state index contributed by atoms with van der Waals surface area (Å²) in [4.78, 5) is 0. The molecule has 0 bridgehead atoms. The lowest BCUT2D eigenvalue weighted by atomic mass is 9.93. The molecule has 1 saturated heterocycles. The summed E-state index contributed by atoms with van der Waals surface area (Å²) in [5.41, 5.74) is 5.43. The zero-order chi connectivity index (χ0) is 5.98. The van der Waals surface area contributed by atoms with Crippen LogP contribution in [0.1, 0.15) is 6.92 Å². The van der Waals surface area contributed by atoms with Gasteiger partial charge in [-0.3, -0.25) is 0 Å². The molecule has 0 aromatic heterocycles. The van der Waals surface area contributed by atoms with Crippen LogP contribution in [0.3, 0.4) is 0 Å². The molecule has 1 rings (SSSR count). The lowest BCUT2D eigenvalue weighted by Gasteiger charge is -2.30. The molecular weight excluding hydrogens is 102 g/mol. The van der Waals surface area contributed by atoms with E-state index in [4.69, 9.17) is 10.5 Å². The molecule has 1 atom stereocenters. The van der Waals surface area contributed by atoms with E-state index in [0.717, 1.165) is 25.7 Å². The Kier molecular flexibility index (Phi) is 1.86. The van der Waals surface area contributed by atoms with Gasteiger partial charge in [0.05, 0.1) is 13.2 Å². The third kappa shape index (κ3) is 1.01. The Balaban J connectivity index is 2.13. The van der Waals surface area contributed by atoms with Crippen molar-refractivity contribution in [2.75, 3.05) is 19.8 Å². The largest absolute Gasteiger partial charge is 0.381 e. The SMILES string of the molecule is C[C@@H](CN)C1COC1. The number of hydrogen-bond acceptors (Lipinski definition) is 2. The van der Waals surface area contributed by atoms with Crippen LogP contribution in [0.25, 0.3) is 0 Å². The summed E-state index contributed by atoms with van der Waals surface area (Å²) in [5, 5.41) is 0. The van der Waals surface area contributed by atoms with Gasteiger partial charge in [0, 0.05) is 5.92 Å². The fourth-order valence-corrected chi connectivity index (χ4v) is 0.775. The number of ether oxygens (including phenoxy) is 1. The Morgan fingerprint density at radius 1 is 1.75 bits per heavy atom. The molecule has 1 aliphatic heterocycles. The van der Waals surface area contributed by atoms with Crippen LogP contribution in [0.5, 0.6) is 0 Å². The quantitative estimate of drug-likeness (QED) is 0.559. The molecule has 0 unspecified atom stereocenters. The van der Waals surface area contributed by atoms with Crippen LogP contribution >= 0.6 is 0 Å². The monoisotopic (exact) mass is 115 g/mol. The van der Waals surface area contributed by atoms with Crippen LogP contribution in [0.4, 0.5) is 0 Å². The second-order valence-corrected chi connectivity index (χ2v) is 2.51. The molecule has 0 radical (unpaired) electrons. The Morgan fingerprint density at radius 2 is 2.38 bits per heavy atom. The lowest BCUT2D eigenvalue weighted by molar-refractivity contribution is -0.0551. The second-order valence-electron chi connectivity index (χ2n) is 2.51. The average molecular weight is 115 g/mol. The minimum Gasteiger partial charge on any atom is -0.381 e. The maximum atomic E-state index is 5.43. The molecule has 1 fully saturated rings. The molecular formula is C6H13NO. The first kappa shape index (κ1) is 6.05. The van der Waals surface area contributed by atoms with Crippen LogP contribution in [-0.2, 0) is 4.74 Å². The van der Waals surface area contributed by atoms with Crippen LogP contribution in [-0.4, -0.2) is 19.8 Å². The minimum absolute atomic E-state index is 0.656. The topological polar surface area (TPSA) is 35.2 Å². The van der Waals surface area contributed by atoms with Gasteiger partial charge in [-0.25, -0.2) is 0 Å². The summed E-state index contributed by atoms with van der Waals surface area (Å²) in [6, 6.07) is 0. The first-order chi connectivity index (χ1) is 3.84. The van der Waals surface area contributed by atoms with Crippen molar-refractivity contribution in [1.82, 2.24) is 0 Å². The zero-order valence-corrected chi connectivity index (χ0v) is 5.26. The molecule has 0 amide bonds. The van der Waals surface area contributed by atoms with Crippen molar-refractivity contribution in [2.24, 2.45) is 17.6 Å². The fraction of sp³-hybridized carbons (Fsp3) is 1.00. The van der Waals surface area contributed by atoms with Crippen LogP contribution in [0.2, 0.25) is 0 Å². The van der Waals surface area contributed by atoms with E-state index in [2.05, 4.69) is 6.92 Å². The molecule has 1 heterocycles. The van der Waals surface area contributed by atoms with Crippen molar-refractivity contribution in [2.45, 2.75) is 6.92 Å². The number of nitrogens with two attached hydrogens (primary N) is 1. The van der Waals surface area contributed by atoms with Crippen molar-refractivity contribution in [3.8, 4) is 0 Å². The van der Waals surface area contributed by atoms with Gasteiger partial charge in [-0.15, -0.1) is 0 Å².